The molecule has 0 aliphatic carbocycles. The van der Waals surface area contributed by atoms with E-state index < -0.39 is 4.92 Å². The van der Waals surface area contributed by atoms with Crippen molar-refractivity contribution in [3.05, 3.63) is 22.2 Å². The normalized spacial score (nSPS) is 9.93. The molecule has 1 aromatic rings. The van der Waals surface area contributed by atoms with Crippen molar-refractivity contribution < 1.29 is 14.8 Å². The van der Waals surface area contributed by atoms with Crippen molar-refractivity contribution in [1.82, 2.24) is 4.98 Å². The van der Waals surface area contributed by atoms with Crippen molar-refractivity contribution in [3.63, 3.8) is 0 Å². The number of anilines is 1. The van der Waals surface area contributed by atoms with Crippen LogP contribution in [0.4, 0.5) is 11.5 Å². The second-order valence-corrected chi connectivity index (χ2v) is 2.74. The van der Waals surface area contributed by atoms with Crippen LogP contribution in [0.1, 0.15) is 6.42 Å². The van der Waals surface area contributed by atoms with Crippen LogP contribution in [0.5, 0.6) is 5.88 Å². The molecule has 3 N–H and O–H groups in total. The number of aliphatic hydroxyl groups excluding tert-OH is 1. The number of nitro groups is 1. The topological polar surface area (TPSA) is 112 Å². The number of rotatable bonds is 5. The summed E-state index contributed by atoms with van der Waals surface area (Å²) in [6.07, 6.45) is 0.383. The van der Waals surface area contributed by atoms with Gasteiger partial charge in [-0.05, 0) is 6.07 Å². The van der Waals surface area contributed by atoms with Crippen LogP contribution in [-0.2, 0) is 0 Å². The molecule has 0 bridgehead atoms. The lowest BCUT2D eigenvalue weighted by Crippen LogP contribution is -2.05. The number of hydrogen-bond donors (Lipinski definition) is 2. The van der Waals surface area contributed by atoms with Gasteiger partial charge in [0.05, 0.1) is 11.5 Å². The molecule has 7 heteroatoms. The molecular weight excluding hydrogens is 202 g/mol. The lowest BCUT2D eigenvalue weighted by atomic mass is 10.4. The van der Waals surface area contributed by atoms with Crippen molar-refractivity contribution in [1.29, 1.82) is 0 Å². The molecule has 0 spiro atoms. The first-order chi connectivity index (χ1) is 7.15. The molecule has 0 aliphatic heterocycles. The van der Waals surface area contributed by atoms with Gasteiger partial charge in [-0.25, -0.2) is 0 Å². The largest absolute Gasteiger partial charge is 0.473 e. The third kappa shape index (κ3) is 3.06. The minimum atomic E-state index is -0.597. The Balaban J connectivity index is 2.82. The molecule has 0 unspecified atom stereocenters. The zero-order chi connectivity index (χ0) is 11.3. The second kappa shape index (κ2) is 5.11. The van der Waals surface area contributed by atoms with Gasteiger partial charge in [-0.1, -0.05) is 0 Å². The molecule has 0 radical (unpaired) electrons. The van der Waals surface area contributed by atoms with Crippen LogP contribution in [0.3, 0.4) is 0 Å². The highest BCUT2D eigenvalue weighted by Crippen LogP contribution is 2.25. The fourth-order valence-electron chi connectivity index (χ4n) is 0.926. The van der Waals surface area contributed by atoms with Crippen LogP contribution in [0.2, 0.25) is 0 Å². The van der Waals surface area contributed by atoms with Gasteiger partial charge < -0.3 is 15.6 Å². The fourth-order valence-corrected chi connectivity index (χ4v) is 0.926. The van der Waals surface area contributed by atoms with E-state index in [0.717, 1.165) is 0 Å². The standard InChI is InChI=1S/C8H11N3O4/c9-7-3-2-6(11(13)14)8(10-7)15-5-1-4-12/h2-3,12H,1,4-5H2,(H2,9,10). The van der Waals surface area contributed by atoms with Crippen molar-refractivity contribution >= 4 is 11.5 Å². The van der Waals surface area contributed by atoms with Crippen molar-refractivity contribution in [2.75, 3.05) is 18.9 Å². The Bertz CT molecular complexity index is 356. The van der Waals surface area contributed by atoms with E-state index >= 15 is 0 Å². The Labute approximate surface area is 85.6 Å². The Hall–Kier alpha value is -1.89. The summed E-state index contributed by atoms with van der Waals surface area (Å²) in [6, 6.07) is 2.56. The lowest BCUT2D eigenvalue weighted by Gasteiger charge is -2.04. The molecule has 7 nitrogen and oxygen atoms in total. The average Bonchev–Trinajstić information content (AvgIpc) is 2.18. The summed E-state index contributed by atoms with van der Waals surface area (Å²) in [5.74, 6) is 0.0352. The SMILES string of the molecule is Nc1ccc([N+](=O)[O-])c(OCCCO)n1. The Morgan fingerprint density at radius 2 is 2.33 bits per heavy atom. The van der Waals surface area contributed by atoms with Crippen LogP contribution in [-0.4, -0.2) is 28.2 Å². The number of aliphatic hydroxyl groups is 1. The van der Waals surface area contributed by atoms with E-state index in [1.807, 2.05) is 0 Å². The number of ether oxygens (including phenoxy) is 1. The Kier molecular flexibility index (Phi) is 3.81. The number of nitrogens with zero attached hydrogens (tertiary/aromatic N) is 2. The maximum absolute atomic E-state index is 10.6. The smallest absolute Gasteiger partial charge is 0.331 e. The van der Waals surface area contributed by atoms with Crippen molar-refractivity contribution in [2.45, 2.75) is 6.42 Å². The van der Waals surface area contributed by atoms with Gasteiger partial charge in [0.25, 0.3) is 5.88 Å². The molecule has 1 aromatic heterocycles. The third-order valence-electron chi connectivity index (χ3n) is 1.60. The number of pyridine rings is 1. The second-order valence-electron chi connectivity index (χ2n) is 2.74. The highest BCUT2D eigenvalue weighted by atomic mass is 16.6. The highest BCUT2D eigenvalue weighted by Gasteiger charge is 2.16. The van der Waals surface area contributed by atoms with Gasteiger partial charge in [0.15, 0.2) is 0 Å². The monoisotopic (exact) mass is 213 g/mol. The van der Waals surface area contributed by atoms with E-state index in [0.29, 0.717) is 6.42 Å². The van der Waals surface area contributed by atoms with Crippen LogP contribution in [0, 0.1) is 10.1 Å². The summed E-state index contributed by atoms with van der Waals surface area (Å²) in [5.41, 5.74) is 5.13. The van der Waals surface area contributed by atoms with Gasteiger partial charge in [-0.3, -0.25) is 10.1 Å². The maximum Gasteiger partial charge on any atom is 0.331 e. The van der Waals surface area contributed by atoms with E-state index in [1.165, 1.54) is 12.1 Å². The summed E-state index contributed by atoms with van der Waals surface area (Å²) >= 11 is 0. The minimum Gasteiger partial charge on any atom is -0.473 e. The van der Waals surface area contributed by atoms with Crippen LogP contribution >= 0.6 is 0 Å². The number of nitrogen functional groups attached to an aromatic ring is 1. The summed E-state index contributed by atoms with van der Waals surface area (Å²) in [7, 11) is 0. The van der Waals surface area contributed by atoms with E-state index in [-0.39, 0.29) is 30.6 Å². The van der Waals surface area contributed by atoms with Crippen molar-refractivity contribution in [3.8, 4) is 5.88 Å². The molecule has 1 rings (SSSR count). The molecule has 82 valence electrons. The molecule has 0 saturated heterocycles. The zero-order valence-corrected chi connectivity index (χ0v) is 7.92. The predicted molar refractivity (Wildman–Crippen MR) is 52.5 cm³/mol. The quantitative estimate of drug-likeness (QED) is 0.414. The highest BCUT2D eigenvalue weighted by molar-refractivity contribution is 5.46. The number of nitrogens with two attached hydrogens (primary N) is 1. The lowest BCUT2D eigenvalue weighted by molar-refractivity contribution is -0.386. The average molecular weight is 213 g/mol. The molecule has 15 heavy (non-hydrogen) atoms. The van der Waals surface area contributed by atoms with Gasteiger partial charge in [0.2, 0.25) is 0 Å². The van der Waals surface area contributed by atoms with Crippen molar-refractivity contribution in [2.24, 2.45) is 0 Å². The molecule has 0 amide bonds. The summed E-state index contributed by atoms with van der Waals surface area (Å²) in [6.45, 7) is 0.115. The molecule has 1 heterocycles. The molecule has 0 saturated carbocycles. The first kappa shape index (κ1) is 11.2. The van der Waals surface area contributed by atoms with Crippen LogP contribution in [0.15, 0.2) is 12.1 Å². The van der Waals surface area contributed by atoms with E-state index in [2.05, 4.69) is 4.98 Å². The number of hydrogen-bond acceptors (Lipinski definition) is 6. The van der Waals surface area contributed by atoms with Crippen LogP contribution < -0.4 is 10.5 Å². The van der Waals surface area contributed by atoms with Gasteiger partial charge in [-0.2, -0.15) is 4.98 Å². The zero-order valence-electron chi connectivity index (χ0n) is 7.92. The molecule has 0 atom stereocenters. The van der Waals surface area contributed by atoms with Gasteiger partial charge in [0.1, 0.15) is 5.82 Å². The number of aromatic nitrogens is 1. The van der Waals surface area contributed by atoms with Crippen LogP contribution in [0.25, 0.3) is 0 Å². The maximum atomic E-state index is 10.6. The Morgan fingerprint density at radius 1 is 1.60 bits per heavy atom. The summed E-state index contributed by atoms with van der Waals surface area (Å²) in [5, 5.41) is 19.1. The van der Waals surface area contributed by atoms with E-state index in [1.54, 1.807) is 0 Å². The van der Waals surface area contributed by atoms with E-state index in [9.17, 15) is 10.1 Å². The molecule has 0 fully saturated rings. The predicted octanol–water partition coefficient (Wildman–Crippen LogP) is 0.333. The molecular formula is C8H11N3O4. The Morgan fingerprint density at radius 3 is 2.93 bits per heavy atom. The molecule has 0 aliphatic rings. The summed E-state index contributed by atoms with van der Waals surface area (Å²) in [4.78, 5) is 13.7. The molecule has 0 aromatic carbocycles. The summed E-state index contributed by atoms with van der Waals surface area (Å²) < 4.78 is 5.03. The minimum absolute atomic E-state index is 0.0455. The van der Waals surface area contributed by atoms with E-state index in [4.69, 9.17) is 15.6 Å². The van der Waals surface area contributed by atoms with Gasteiger partial charge >= 0.3 is 5.69 Å². The third-order valence-corrected chi connectivity index (χ3v) is 1.60. The first-order valence-electron chi connectivity index (χ1n) is 4.29. The first-order valence-corrected chi connectivity index (χ1v) is 4.29. The van der Waals surface area contributed by atoms with Gasteiger partial charge in [-0.15, -0.1) is 0 Å². The fraction of sp³-hybridized carbons (Fsp3) is 0.375. The van der Waals surface area contributed by atoms with Gasteiger partial charge in [0, 0.05) is 19.1 Å².